The number of hydrogen-bond donors (Lipinski definition) is 1. The average Bonchev–Trinajstić information content (AvgIpc) is 2.95. The van der Waals surface area contributed by atoms with E-state index in [4.69, 9.17) is 4.74 Å². The van der Waals surface area contributed by atoms with Crippen molar-refractivity contribution in [2.45, 2.75) is 33.5 Å². The fourth-order valence-electron chi connectivity index (χ4n) is 2.51. The first-order chi connectivity index (χ1) is 14.5. The van der Waals surface area contributed by atoms with E-state index in [1.54, 1.807) is 6.92 Å². The molecule has 10 heteroatoms. The molecule has 0 radical (unpaired) electrons. The van der Waals surface area contributed by atoms with Crippen LogP contribution in [0.4, 0.5) is 13.2 Å². The van der Waals surface area contributed by atoms with Crippen LogP contribution in [0.25, 0.3) is 12.2 Å². The topological polar surface area (TPSA) is 77.4 Å². The lowest BCUT2D eigenvalue weighted by Gasteiger charge is -2.07. The number of halogens is 3. The molecule has 2 rings (SSSR count). The molecule has 31 heavy (non-hydrogen) atoms. The van der Waals surface area contributed by atoms with Crippen molar-refractivity contribution >= 4 is 35.4 Å². The maximum Gasteiger partial charge on any atom is 0.416 e. The van der Waals surface area contributed by atoms with E-state index in [2.05, 4.69) is 5.32 Å². The summed E-state index contributed by atoms with van der Waals surface area (Å²) < 4.78 is 44.6. The van der Waals surface area contributed by atoms with Crippen molar-refractivity contribution in [2.75, 3.05) is 13.2 Å². The third-order valence-electron chi connectivity index (χ3n) is 4.01. The molecule has 0 fully saturated rings. The summed E-state index contributed by atoms with van der Waals surface area (Å²) in [6, 6.07) is 4.33. The standard InChI is InChI=1S/C21H23F3N2O4S/c1-4-30-19(28)10-18-26(12-17(27)25-11-13(2)3)20(29)16(31-18)9-14-5-7-15(8-6-14)21(22,23)24/h5-10,13H,4,11-12H2,1-3H3,(H,25,27). The van der Waals surface area contributed by atoms with Crippen molar-refractivity contribution in [3.05, 3.63) is 54.9 Å². The van der Waals surface area contributed by atoms with Gasteiger partial charge in [0.15, 0.2) is 0 Å². The second-order valence-electron chi connectivity index (χ2n) is 7.05. The van der Waals surface area contributed by atoms with Crippen LogP contribution in [-0.2, 0) is 27.0 Å². The molecule has 168 valence electrons. The first kappa shape index (κ1) is 24.4. The highest BCUT2D eigenvalue weighted by Gasteiger charge is 2.29. The molecule has 0 saturated carbocycles. The van der Waals surface area contributed by atoms with E-state index in [0.29, 0.717) is 12.1 Å². The van der Waals surface area contributed by atoms with Crippen LogP contribution in [-0.4, -0.2) is 29.6 Å². The predicted molar refractivity (Wildman–Crippen MR) is 112 cm³/mol. The molecule has 0 aliphatic carbocycles. The van der Waals surface area contributed by atoms with E-state index in [-0.39, 0.29) is 28.3 Å². The largest absolute Gasteiger partial charge is 0.463 e. The molecule has 1 aromatic carbocycles. The lowest BCUT2D eigenvalue weighted by atomic mass is 10.1. The van der Waals surface area contributed by atoms with Gasteiger partial charge in [-0.1, -0.05) is 26.0 Å². The maximum absolute atomic E-state index is 12.8. The number of carbonyl (C=O) groups excluding carboxylic acids is 2. The van der Waals surface area contributed by atoms with E-state index in [0.717, 1.165) is 34.1 Å². The molecule has 0 spiro atoms. The number of carbonyl (C=O) groups is 2. The molecule has 0 aliphatic rings. The van der Waals surface area contributed by atoms with Gasteiger partial charge in [-0.3, -0.25) is 14.2 Å². The summed E-state index contributed by atoms with van der Waals surface area (Å²) in [5.74, 6) is -0.841. The molecule has 0 bridgehead atoms. The second kappa shape index (κ2) is 10.4. The Morgan fingerprint density at radius 2 is 1.87 bits per heavy atom. The molecule has 0 saturated heterocycles. The van der Waals surface area contributed by atoms with Gasteiger partial charge in [-0.05, 0) is 36.6 Å². The average molecular weight is 456 g/mol. The van der Waals surface area contributed by atoms with Crippen LogP contribution in [0.2, 0.25) is 0 Å². The number of nitrogens with zero attached hydrogens (tertiary/aromatic N) is 1. The minimum Gasteiger partial charge on any atom is -0.463 e. The fourth-order valence-corrected chi connectivity index (χ4v) is 3.55. The highest BCUT2D eigenvalue weighted by molar-refractivity contribution is 7.07. The van der Waals surface area contributed by atoms with Crippen molar-refractivity contribution in [3.8, 4) is 0 Å². The molecule has 2 aromatic rings. The van der Waals surface area contributed by atoms with E-state index in [9.17, 15) is 27.6 Å². The van der Waals surface area contributed by atoms with Gasteiger partial charge in [-0.15, -0.1) is 11.3 Å². The number of benzene rings is 1. The van der Waals surface area contributed by atoms with Crippen LogP contribution in [0, 0.1) is 5.92 Å². The number of ether oxygens (including phenoxy) is 1. The first-order valence-corrected chi connectivity index (χ1v) is 10.4. The number of nitrogens with one attached hydrogen (secondary N) is 1. The Balaban J connectivity index is 2.48. The molecular weight excluding hydrogens is 433 g/mol. The highest BCUT2D eigenvalue weighted by atomic mass is 32.1. The summed E-state index contributed by atoms with van der Waals surface area (Å²) in [4.78, 5) is 36.9. The SMILES string of the molecule is CCOC(=O)C=c1sc(=Cc2ccc(C(F)(F)F)cc2)c(=O)n1CC(=O)NCC(C)C. The van der Waals surface area contributed by atoms with Crippen LogP contribution in [0.3, 0.4) is 0 Å². The van der Waals surface area contributed by atoms with Crippen molar-refractivity contribution in [3.63, 3.8) is 0 Å². The molecule has 1 heterocycles. The smallest absolute Gasteiger partial charge is 0.416 e. The Kier molecular flexibility index (Phi) is 8.21. The van der Waals surface area contributed by atoms with Crippen LogP contribution in [0.5, 0.6) is 0 Å². The van der Waals surface area contributed by atoms with Crippen LogP contribution < -0.4 is 20.1 Å². The number of amides is 1. The molecule has 1 N–H and O–H groups in total. The minimum absolute atomic E-state index is 0.143. The molecule has 1 amide bonds. The van der Waals surface area contributed by atoms with Gasteiger partial charge in [-0.25, -0.2) is 4.79 Å². The van der Waals surface area contributed by atoms with Crippen molar-refractivity contribution < 1.29 is 27.5 Å². The monoisotopic (exact) mass is 456 g/mol. The Morgan fingerprint density at radius 3 is 2.42 bits per heavy atom. The zero-order valence-corrected chi connectivity index (χ0v) is 18.1. The van der Waals surface area contributed by atoms with E-state index < -0.39 is 29.2 Å². The molecular formula is C21H23F3N2O4S. The van der Waals surface area contributed by atoms with Crippen LogP contribution in [0.15, 0.2) is 29.1 Å². The Morgan fingerprint density at radius 1 is 1.23 bits per heavy atom. The summed E-state index contributed by atoms with van der Waals surface area (Å²) in [6.45, 7) is 5.76. The zero-order chi connectivity index (χ0) is 23.2. The van der Waals surface area contributed by atoms with Crippen LogP contribution in [0.1, 0.15) is 31.9 Å². The molecule has 0 unspecified atom stereocenters. The van der Waals surface area contributed by atoms with E-state index in [1.807, 2.05) is 13.8 Å². The van der Waals surface area contributed by atoms with Gasteiger partial charge < -0.3 is 10.1 Å². The van der Waals surface area contributed by atoms with E-state index >= 15 is 0 Å². The summed E-state index contributed by atoms with van der Waals surface area (Å²) >= 11 is 0.948. The molecule has 0 atom stereocenters. The summed E-state index contributed by atoms with van der Waals surface area (Å²) in [6.07, 6.45) is -1.92. The Labute approximate surface area is 180 Å². The normalized spacial score (nSPS) is 13.0. The Bertz CT molecular complexity index is 1100. The fraction of sp³-hybridized carbons (Fsp3) is 0.381. The zero-order valence-electron chi connectivity index (χ0n) is 17.3. The number of aromatic nitrogens is 1. The van der Waals surface area contributed by atoms with Crippen molar-refractivity contribution in [2.24, 2.45) is 5.92 Å². The molecule has 6 nitrogen and oxygen atoms in total. The summed E-state index contributed by atoms with van der Waals surface area (Å²) in [5, 5.41) is 2.70. The Hall–Kier alpha value is -2.88. The predicted octanol–water partition coefficient (Wildman–Crippen LogP) is 1.87. The van der Waals surface area contributed by atoms with Gasteiger partial charge in [0.25, 0.3) is 5.56 Å². The number of alkyl halides is 3. The van der Waals surface area contributed by atoms with Gasteiger partial charge >= 0.3 is 12.1 Å². The minimum atomic E-state index is -4.46. The van der Waals surface area contributed by atoms with Crippen molar-refractivity contribution in [1.82, 2.24) is 9.88 Å². The first-order valence-electron chi connectivity index (χ1n) is 9.55. The van der Waals surface area contributed by atoms with Gasteiger partial charge in [0.1, 0.15) is 11.2 Å². The highest BCUT2D eigenvalue weighted by Crippen LogP contribution is 2.29. The summed E-state index contributed by atoms with van der Waals surface area (Å²) in [5.41, 5.74) is -0.947. The number of hydrogen-bond acceptors (Lipinski definition) is 5. The second-order valence-corrected chi connectivity index (χ2v) is 8.12. The van der Waals surface area contributed by atoms with Gasteiger partial charge in [0.05, 0.1) is 22.8 Å². The lowest BCUT2D eigenvalue weighted by molar-refractivity contribution is -0.137. The number of rotatable bonds is 7. The maximum atomic E-state index is 12.8. The summed E-state index contributed by atoms with van der Waals surface area (Å²) in [7, 11) is 0. The number of esters is 1. The third-order valence-corrected chi connectivity index (χ3v) is 5.07. The molecule has 1 aromatic heterocycles. The molecule has 0 aliphatic heterocycles. The van der Waals surface area contributed by atoms with Gasteiger partial charge in [0.2, 0.25) is 5.91 Å². The third kappa shape index (κ3) is 7.09. The lowest BCUT2D eigenvalue weighted by Crippen LogP contribution is -2.39. The van der Waals surface area contributed by atoms with Gasteiger partial charge in [-0.2, -0.15) is 13.2 Å². The van der Waals surface area contributed by atoms with Crippen LogP contribution >= 0.6 is 11.3 Å². The quantitative estimate of drug-likeness (QED) is 0.646. The van der Waals surface area contributed by atoms with Gasteiger partial charge in [0, 0.05) is 6.54 Å². The van der Waals surface area contributed by atoms with Crippen molar-refractivity contribution in [1.29, 1.82) is 0 Å². The van der Waals surface area contributed by atoms with E-state index in [1.165, 1.54) is 18.2 Å². The number of thiazole rings is 1.